The van der Waals surface area contributed by atoms with Crippen LogP contribution in [0.25, 0.3) is 0 Å². The minimum Gasteiger partial charge on any atom is -0.380 e. The molecule has 0 spiro atoms. The number of hydrogen-bond acceptors (Lipinski definition) is 1. The van der Waals surface area contributed by atoms with Crippen molar-refractivity contribution in [3.8, 4) is 0 Å². The molecule has 2 atom stereocenters. The van der Waals surface area contributed by atoms with Gasteiger partial charge in [-0.3, -0.25) is 0 Å². The highest BCUT2D eigenvalue weighted by Gasteiger charge is 2.22. The van der Waals surface area contributed by atoms with Crippen LogP contribution in [0.2, 0.25) is 0 Å². The summed E-state index contributed by atoms with van der Waals surface area (Å²) in [4.78, 5) is 0. The summed E-state index contributed by atoms with van der Waals surface area (Å²) in [7, 11) is 0. The Labute approximate surface area is 115 Å². The van der Waals surface area contributed by atoms with Crippen molar-refractivity contribution in [3.05, 3.63) is 41.0 Å². The first-order chi connectivity index (χ1) is 9.38. The molecule has 2 rings (SSSR count). The van der Waals surface area contributed by atoms with Gasteiger partial charge in [-0.05, 0) is 31.6 Å². The van der Waals surface area contributed by atoms with E-state index < -0.39 is 29.0 Å². The zero-order chi connectivity index (χ0) is 14.9. The zero-order valence-corrected chi connectivity index (χ0v) is 11.4. The third-order valence-electron chi connectivity index (χ3n) is 3.56. The van der Waals surface area contributed by atoms with Crippen LogP contribution in [-0.4, -0.2) is 6.54 Å². The summed E-state index contributed by atoms with van der Waals surface area (Å²) in [5.74, 6) is -4.94. The molecule has 1 aromatic carbocycles. The summed E-state index contributed by atoms with van der Waals surface area (Å²) >= 11 is 0. The first-order valence-corrected chi connectivity index (χ1v) is 6.62. The van der Waals surface area contributed by atoms with Crippen LogP contribution in [0, 0.1) is 35.1 Å². The van der Waals surface area contributed by atoms with Crippen LogP contribution in [0.3, 0.4) is 0 Å². The Morgan fingerprint density at radius 3 is 2.30 bits per heavy atom. The Morgan fingerprint density at radius 2 is 1.75 bits per heavy atom. The van der Waals surface area contributed by atoms with Crippen molar-refractivity contribution in [2.24, 2.45) is 11.8 Å². The number of benzene rings is 1. The first kappa shape index (κ1) is 14.9. The van der Waals surface area contributed by atoms with Gasteiger partial charge >= 0.3 is 0 Å². The average molecular weight is 287 g/mol. The molecule has 0 fully saturated rings. The van der Waals surface area contributed by atoms with Crippen molar-refractivity contribution in [2.75, 3.05) is 11.9 Å². The standard InChI is InChI=1S/C15H17F4N/c1-8-3-9(2)5-10(4-8)7-20-15-13(18)11(16)6-12(17)14(15)19/h3,6,8,10,20H,4-5,7H2,1-2H3. The molecule has 110 valence electrons. The Bertz CT molecular complexity index is 513. The van der Waals surface area contributed by atoms with Gasteiger partial charge in [0.15, 0.2) is 23.3 Å². The van der Waals surface area contributed by atoms with Crippen molar-refractivity contribution in [1.82, 2.24) is 0 Å². The van der Waals surface area contributed by atoms with E-state index in [0.717, 1.165) is 12.8 Å². The second-order valence-corrected chi connectivity index (χ2v) is 5.52. The number of halogens is 4. The SMILES string of the molecule is CC1=CC(C)CC(CNc2c(F)c(F)cc(F)c2F)C1. The van der Waals surface area contributed by atoms with Crippen LogP contribution in [0.15, 0.2) is 17.7 Å². The molecule has 1 nitrogen and oxygen atoms in total. The van der Waals surface area contributed by atoms with Gasteiger partial charge in [0.1, 0.15) is 5.69 Å². The molecule has 0 saturated heterocycles. The number of nitrogens with one attached hydrogen (secondary N) is 1. The third kappa shape index (κ3) is 3.14. The third-order valence-corrected chi connectivity index (χ3v) is 3.56. The summed E-state index contributed by atoms with van der Waals surface area (Å²) in [5, 5.41) is 2.52. The van der Waals surface area contributed by atoms with Crippen LogP contribution in [0.5, 0.6) is 0 Å². The second-order valence-electron chi connectivity index (χ2n) is 5.52. The monoisotopic (exact) mass is 287 g/mol. The van der Waals surface area contributed by atoms with Crippen molar-refractivity contribution in [1.29, 1.82) is 0 Å². The van der Waals surface area contributed by atoms with Gasteiger partial charge in [-0.25, -0.2) is 17.6 Å². The zero-order valence-electron chi connectivity index (χ0n) is 11.4. The smallest absolute Gasteiger partial charge is 0.185 e. The lowest BCUT2D eigenvalue weighted by Crippen LogP contribution is -2.21. The highest BCUT2D eigenvalue weighted by atomic mass is 19.2. The van der Waals surface area contributed by atoms with Gasteiger partial charge in [0, 0.05) is 12.6 Å². The van der Waals surface area contributed by atoms with Crippen molar-refractivity contribution < 1.29 is 17.6 Å². The first-order valence-electron chi connectivity index (χ1n) is 6.62. The predicted octanol–water partition coefficient (Wildman–Crippen LogP) is 4.65. The topological polar surface area (TPSA) is 12.0 Å². The van der Waals surface area contributed by atoms with Gasteiger partial charge in [0.25, 0.3) is 0 Å². The number of allylic oxidation sites excluding steroid dienone is 2. The maximum Gasteiger partial charge on any atom is 0.185 e. The molecule has 1 aromatic rings. The lowest BCUT2D eigenvalue weighted by Gasteiger charge is -2.26. The fourth-order valence-corrected chi connectivity index (χ4v) is 2.82. The summed E-state index contributed by atoms with van der Waals surface area (Å²) in [5.41, 5.74) is 0.504. The van der Waals surface area contributed by atoms with E-state index in [1.807, 2.05) is 6.92 Å². The van der Waals surface area contributed by atoms with Crippen LogP contribution < -0.4 is 5.32 Å². The van der Waals surface area contributed by atoms with Crippen molar-refractivity contribution >= 4 is 5.69 Å². The van der Waals surface area contributed by atoms with Crippen LogP contribution in [0.4, 0.5) is 23.2 Å². The van der Waals surface area contributed by atoms with Crippen molar-refractivity contribution in [3.63, 3.8) is 0 Å². The largest absolute Gasteiger partial charge is 0.380 e. The van der Waals surface area contributed by atoms with E-state index in [0.29, 0.717) is 5.92 Å². The fraction of sp³-hybridized carbons (Fsp3) is 0.467. The molecule has 2 unspecified atom stereocenters. The molecule has 0 saturated carbocycles. The molecule has 1 aliphatic carbocycles. The van der Waals surface area contributed by atoms with Gasteiger partial charge in [-0.1, -0.05) is 18.6 Å². The fourth-order valence-electron chi connectivity index (χ4n) is 2.82. The normalized spacial score (nSPS) is 22.6. The van der Waals surface area contributed by atoms with Crippen LogP contribution in [0.1, 0.15) is 26.7 Å². The summed E-state index contributed by atoms with van der Waals surface area (Å²) in [6.07, 6.45) is 3.86. The van der Waals surface area contributed by atoms with Crippen LogP contribution in [-0.2, 0) is 0 Å². The average Bonchev–Trinajstić information content (AvgIpc) is 2.35. The van der Waals surface area contributed by atoms with Crippen molar-refractivity contribution in [2.45, 2.75) is 26.7 Å². The van der Waals surface area contributed by atoms with E-state index in [1.54, 1.807) is 0 Å². The quantitative estimate of drug-likeness (QED) is 0.485. The molecular weight excluding hydrogens is 270 g/mol. The minimum absolute atomic E-state index is 0.195. The Hall–Kier alpha value is -1.52. The molecule has 0 aliphatic heterocycles. The second kappa shape index (κ2) is 5.85. The van der Waals surface area contributed by atoms with E-state index in [2.05, 4.69) is 18.3 Å². The molecule has 0 bridgehead atoms. The predicted molar refractivity (Wildman–Crippen MR) is 70.4 cm³/mol. The number of rotatable bonds is 3. The molecule has 1 aliphatic rings. The van der Waals surface area contributed by atoms with Gasteiger partial charge in [0.2, 0.25) is 0 Å². The van der Waals surface area contributed by atoms with E-state index in [9.17, 15) is 17.6 Å². The summed E-state index contributed by atoms with van der Waals surface area (Å²) in [6, 6.07) is 0.214. The lowest BCUT2D eigenvalue weighted by molar-refractivity contribution is 0.416. The van der Waals surface area contributed by atoms with Crippen LogP contribution >= 0.6 is 0 Å². The van der Waals surface area contributed by atoms with E-state index in [1.165, 1.54) is 5.57 Å². The Morgan fingerprint density at radius 1 is 1.15 bits per heavy atom. The number of hydrogen-bond donors (Lipinski definition) is 1. The highest BCUT2D eigenvalue weighted by molar-refractivity contribution is 5.47. The molecule has 20 heavy (non-hydrogen) atoms. The summed E-state index contributed by atoms with van der Waals surface area (Å²) < 4.78 is 53.1. The molecule has 0 heterocycles. The molecule has 5 heteroatoms. The molecule has 0 aromatic heterocycles. The van der Waals surface area contributed by atoms with E-state index in [-0.39, 0.29) is 18.5 Å². The lowest BCUT2D eigenvalue weighted by atomic mass is 9.84. The van der Waals surface area contributed by atoms with Gasteiger partial charge < -0.3 is 5.32 Å². The number of anilines is 1. The highest BCUT2D eigenvalue weighted by Crippen LogP contribution is 2.29. The molecule has 0 amide bonds. The minimum atomic E-state index is -1.39. The molecule has 1 N–H and O–H groups in total. The Kier molecular flexibility index (Phi) is 4.35. The summed E-state index contributed by atoms with van der Waals surface area (Å²) in [6.45, 7) is 4.36. The van der Waals surface area contributed by atoms with Gasteiger partial charge in [-0.2, -0.15) is 0 Å². The van der Waals surface area contributed by atoms with E-state index >= 15 is 0 Å². The van der Waals surface area contributed by atoms with Gasteiger partial charge in [-0.15, -0.1) is 0 Å². The molecular formula is C15H17F4N. The maximum absolute atomic E-state index is 13.5. The maximum atomic E-state index is 13.5. The molecule has 0 radical (unpaired) electrons. The van der Waals surface area contributed by atoms with E-state index in [4.69, 9.17) is 0 Å². The Balaban J connectivity index is 2.10. The van der Waals surface area contributed by atoms with Gasteiger partial charge in [0.05, 0.1) is 0 Å².